The number of aliphatic hydroxyl groups excluding tert-OH is 1. The number of halogens is 2. The van der Waals surface area contributed by atoms with Gasteiger partial charge in [-0.15, -0.1) is 0 Å². The zero-order valence-electron chi connectivity index (χ0n) is 6.96. The van der Waals surface area contributed by atoms with Crippen LogP contribution in [0, 0.1) is 0 Å². The van der Waals surface area contributed by atoms with Gasteiger partial charge in [0.1, 0.15) is 0 Å². The maximum absolute atomic E-state index is 8.93. The van der Waals surface area contributed by atoms with Gasteiger partial charge in [-0.05, 0) is 18.2 Å². The van der Waals surface area contributed by atoms with E-state index in [4.69, 9.17) is 33.4 Å². The van der Waals surface area contributed by atoms with Gasteiger partial charge in [-0.25, -0.2) is 0 Å². The summed E-state index contributed by atoms with van der Waals surface area (Å²) < 4.78 is 0. The lowest BCUT2D eigenvalue weighted by molar-refractivity contribution is -0.0453. The summed E-state index contributed by atoms with van der Waals surface area (Å²) in [5.74, 6) is 0. The second-order valence-corrected chi connectivity index (χ2v) is 3.79. The number of hydrogen-bond donors (Lipinski definition) is 3. The standard InChI is InChI=1S/C9H7Cl2NO2/c10-4-1-6(11)5-3-8(9(13)14)12-7(5)2-4/h1-3,9,12-14H. The summed E-state index contributed by atoms with van der Waals surface area (Å²) in [6, 6.07) is 4.86. The fourth-order valence-corrected chi connectivity index (χ4v) is 1.87. The van der Waals surface area contributed by atoms with Crippen LogP contribution in [0.25, 0.3) is 10.9 Å². The Hall–Kier alpha value is -0.740. The molecule has 0 fully saturated rings. The van der Waals surface area contributed by atoms with E-state index in [0.29, 0.717) is 21.3 Å². The Morgan fingerprint density at radius 2 is 1.86 bits per heavy atom. The summed E-state index contributed by atoms with van der Waals surface area (Å²) in [7, 11) is 0. The van der Waals surface area contributed by atoms with E-state index in [2.05, 4.69) is 4.98 Å². The van der Waals surface area contributed by atoms with Gasteiger partial charge in [-0.1, -0.05) is 23.2 Å². The Morgan fingerprint density at radius 3 is 2.50 bits per heavy atom. The van der Waals surface area contributed by atoms with E-state index < -0.39 is 6.29 Å². The van der Waals surface area contributed by atoms with Gasteiger partial charge in [-0.2, -0.15) is 0 Å². The number of rotatable bonds is 1. The lowest BCUT2D eigenvalue weighted by Crippen LogP contribution is -1.93. The number of fused-ring (bicyclic) bond motifs is 1. The van der Waals surface area contributed by atoms with Crippen LogP contribution >= 0.6 is 23.2 Å². The quantitative estimate of drug-likeness (QED) is 0.661. The van der Waals surface area contributed by atoms with E-state index in [9.17, 15) is 0 Å². The van der Waals surface area contributed by atoms with E-state index in [-0.39, 0.29) is 0 Å². The van der Waals surface area contributed by atoms with Crippen molar-refractivity contribution in [1.29, 1.82) is 0 Å². The Morgan fingerprint density at radius 1 is 1.14 bits per heavy atom. The van der Waals surface area contributed by atoms with Gasteiger partial charge >= 0.3 is 0 Å². The van der Waals surface area contributed by atoms with Crippen molar-refractivity contribution in [3.05, 3.63) is 33.9 Å². The number of benzene rings is 1. The Balaban J connectivity index is 2.70. The third-order valence-electron chi connectivity index (χ3n) is 1.95. The molecule has 14 heavy (non-hydrogen) atoms. The molecular formula is C9H7Cl2NO2. The van der Waals surface area contributed by atoms with Gasteiger partial charge in [0.15, 0.2) is 6.29 Å². The molecule has 3 nitrogen and oxygen atoms in total. The SMILES string of the molecule is OC(O)c1cc2c(Cl)cc(Cl)cc2[nH]1. The van der Waals surface area contributed by atoms with Gasteiger partial charge in [0, 0.05) is 15.9 Å². The number of nitrogens with one attached hydrogen (secondary N) is 1. The predicted molar refractivity (Wildman–Crippen MR) is 55.5 cm³/mol. The average molecular weight is 232 g/mol. The lowest BCUT2D eigenvalue weighted by Gasteiger charge is -1.96. The predicted octanol–water partition coefficient (Wildman–Crippen LogP) is 2.46. The highest BCUT2D eigenvalue weighted by atomic mass is 35.5. The summed E-state index contributed by atoms with van der Waals surface area (Å²) in [4.78, 5) is 2.81. The van der Waals surface area contributed by atoms with Gasteiger partial charge in [0.2, 0.25) is 0 Å². The number of aliphatic hydroxyl groups is 2. The van der Waals surface area contributed by atoms with Crippen molar-refractivity contribution >= 4 is 34.1 Å². The molecule has 0 spiro atoms. The average Bonchev–Trinajstić information content (AvgIpc) is 2.47. The number of aromatic amines is 1. The maximum atomic E-state index is 8.93. The molecule has 0 saturated carbocycles. The smallest absolute Gasteiger partial charge is 0.193 e. The largest absolute Gasteiger partial charge is 0.363 e. The summed E-state index contributed by atoms with van der Waals surface area (Å²) in [5.41, 5.74) is 0.981. The second kappa shape index (κ2) is 3.44. The molecule has 0 aliphatic rings. The van der Waals surface area contributed by atoms with E-state index in [0.717, 1.165) is 5.39 Å². The number of H-pyrrole nitrogens is 1. The molecule has 0 saturated heterocycles. The van der Waals surface area contributed by atoms with Gasteiger partial charge in [0.25, 0.3) is 0 Å². The summed E-state index contributed by atoms with van der Waals surface area (Å²) >= 11 is 11.7. The Bertz CT molecular complexity index is 479. The highest BCUT2D eigenvalue weighted by molar-refractivity contribution is 6.38. The zero-order chi connectivity index (χ0) is 10.3. The molecule has 5 heteroatoms. The van der Waals surface area contributed by atoms with E-state index >= 15 is 0 Å². The first kappa shape index (κ1) is 9.80. The van der Waals surface area contributed by atoms with Crippen molar-refractivity contribution in [2.75, 3.05) is 0 Å². The first-order valence-corrected chi connectivity index (χ1v) is 4.67. The van der Waals surface area contributed by atoms with E-state index in [1.807, 2.05) is 0 Å². The van der Waals surface area contributed by atoms with Crippen LogP contribution in [0.4, 0.5) is 0 Å². The molecule has 74 valence electrons. The summed E-state index contributed by atoms with van der Waals surface area (Å²) in [6.45, 7) is 0. The monoisotopic (exact) mass is 231 g/mol. The highest BCUT2D eigenvalue weighted by Crippen LogP contribution is 2.29. The zero-order valence-corrected chi connectivity index (χ0v) is 8.47. The van der Waals surface area contributed by atoms with Crippen molar-refractivity contribution in [2.45, 2.75) is 6.29 Å². The van der Waals surface area contributed by atoms with Crippen LogP contribution in [-0.4, -0.2) is 15.2 Å². The number of hydrogen-bond acceptors (Lipinski definition) is 2. The molecule has 0 radical (unpaired) electrons. The third-order valence-corrected chi connectivity index (χ3v) is 2.48. The van der Waals surface area contributed by atoms with Crippen LogP contribution in [0.2, 0.25) is 10.0 Å². The van der Waals surface area contributed by atoms with E-state index in [1.165, 1.54) is 0 Å². The molecule has 1 aromatic carbocycles. The molecule has 0 bridgehead atoms. The van der Waals surface area contributed by atoms with Gasteiger partial charge in [-0.3, -0.25) is 0 Å². The van der Waals surface area contributed by atoms with Crippen LogP contribution in [0.3, 0.4) is 0 Å². The molecule has 0 atom stereocenters. The molecule has 0 aliphatic heterocycles. The van der Waals surface area contributed by atoms with Crippen LogP contribution in [0.5, 0.6) is 0 Å². The van der Waals surface area contributed by atoms with Crippen LogP contribution in [0.15, 0.2) is 18.2 Å². The topological polar surface area (TPSA) is 56.2 Å². The number of aromatic nitrogens is 1. The van der Waals surface area contributed by atoms with E-state index in [1.54, 1.807) is 18.2 Å². The molecule has 2 rings (SSSR count). The van der Waals surface area contributed by atoms with Crippen molar-refractivity contribution in [2.24, 2.45) is 0 Å². The molecule has 3 N–H and O–H groups in total. The molecule has 0 amide bonds. The molecule has 0 unspecified atom stereocenters. The summed E-state index contributed by atoms with van der Waals surface area (Å²) in [5, 5.41) is 19.6. The van der Waals surface area contributed by atoms with Gasteiger partial charge < -0.3 is 15.2 Å². The highest BCUT2D eigenvalue weighted by Gasteiger charge is 2.09. The minimum absolute atomic E-state index is 0.296. The molecular weight excluding hydrogens is 225 g/mol. The fourth-order valence-electron chi connectivity index (χ4n) is 1.32. The normalized spacial score (nSPS) is 11.5. The fraction of sp³-hybridized carbons (Fsp3) is 0.111. The summed E-state index contributed by atoms with van der Waals surface area (Å²) in [6.07, 6.45) is -1.53. The first-order chi connectivity index (χ1) is 6.58. The maximum Gasteiger partial charge on any atom is 0.193 e. The minimum Gasteiger partial charge on any atom is -0.363 e. The van der Waals surface area contributed by atoms with Crippen LogP contribution in [-0.2, 0) is 0 Å². The Kier molecular flexibility index (Phi) is 2.41. The first-order valence-electron chi connectivity index (χ1n) is 3.92. The third kappa shape index (κ3) is 1.60. The second-order valence-electron chi connectivity index (χ2n) is 2.95. The van der Waals surface area contributed by atoms with Gasteiger partial charge in [0.05, 0.1) is 10.7 Å². The molecule has 0 aliphatic carbocycles. The molecule has 1 aromatic heterocycles. The lowest BCUT2D eigenvalue weighted by atomic mass is 10.2. The Labute approximate surface area is 89.9 Å². The van der Waals surface area contributed by atoms with Crippen molar-refractivity contribution in [3.63, 3.8) is 0 Å². The molecule has 2 aromatic rings. The molecule has 1 heterocycles. The van der Waals surface area contributed by atoms with Crippen molar-refractivity contribution in [3.8, 4) is 0 Å². The van der Waals surface area contributed by atoms with Crippen molar-refractivity contribution < 1.29 is 10.2 Å². The minimum atomic E-state index is -1.53. The van der Waals surface area contributed by atoms with Crippen LogP contribution < -0.4 is 0 Å². The van der Waals surface area contributed by atoms with Crippen molar-refractivity contribution in [1.82, 2.24) is 4.98 Å². The van der Waals surface area contributed by atoms with Crippen LogP contribution in [0.1, 0.15) is 12.0 Å².